The van der Waals surface area contributed by atoms with Crippen LogP contribution in [-0.4, -0.2) is 23.4 Å². The van der Waals surface area contributed by atoms with Crippen LogP contribution in [0.25, 0.3) is 0 Å². The van der Waals surface area contributed by atoms with Crippen molar-refractivity contribution < 1.29 is 4.79 Å². The predicted octanol–water partition coefficient (Wildman–Crippen LogP) is 2.18. The van der Waals surface area contributed by atoms with Crippen LogP contribution in [0.4, 0.5) is 0 Å². The quantitative estimate of drug-likeness (QED) is 0.716. The fourth-order valence-corrected chi connectivity index (χ4v) is 3.38. The second-order valence-electron chi connectivity index (χ2n) is 5.25. The summed E-state index contributed by atoms with van der Waals surface area (Å²) in [5.74, 6) is 1.49. The Balaban J connectivity index is 2.04. The van der Waals surface area contributed by atoms with Gasteiger partial charge in [0.1, 0.15) is 0 Å². The lowest BCUT2D eigenvalue weighted by molar-refractivity contribution is -0.130. The Labute approximate surface area is 97.4 Å². The molecule has 1 saturated carbocycles. The second-order valence-corrected chi connectivity index (χ2v) is 5.25. The fourth-order valence-electron chi connectivity index (χ4n) is 3.38. The van der Waals surface area contributed by atoms with Gasteiger partial charge in [-0.05, 0) is 24.7 Å². The van der Waals surface area contributed by atoms with Crippen molar-refractivity contribution in [2.45, 2.75) is 45.6 Å². The third kappa shape index (κ3) is 1.81. The maximum atomic E-state index is 11.8. The van der Waals surface area contributed by atoms with Crippen LogP contribution >= 0.6 is 0 Å². The average molecular weight is 220 g/mol. The molecule has 4 unspecified atom stereocenters. The molecule has 88 valence electrons. The lowest BCUT2D eigenvalue weighted by atomic mass is 9.93. The number of hydrogen-bond acceptors (Lipinski definition) is 2. The molecule has 1 amide bonds. The zero-order valence-corrected chi connectivity index (χ0v) is 10.1. The molecule has 2 aliphatic rings. The van der Waals surface area contributed by atoms with Crippen molar-refractivity contribution in [3.05, 3.63) is 0 Å². The summed E-state index contributed by atoms with van der Waals surface area (Å²) in [6.45, 7) is 5.16. The highest BCUT2D eigenvalue weighted by Gasteiger charge is 2.41. The van der Waals surface area contributed by atoms with E-state index in [0.717, 1.165) is 12.3 Å². The first kappa shape index (κ1) is 11.4. The van der Waals surface area contributed by atoms with E-state index < -0.39 is 0 Å². The number of amides is 1. The minimum Gasteiger partial charge on any atom is -0.338 e. The van der Waals surface area contributed by atoms with E-state index in [1.807, 2.05) is 4.90 Å². The molecule has 1 saturated heterocycles. The minimum atomic E-state index is -0.0691. The number of hydrogen-bond donors (Lipinski definition) is 0. The molecule has 0 spiro atoms. The molecule has 3 nitrogen and oxygen atoms in total. The van der Waals surface area contributed by atoms with E-state index in [1.54, 1.807) is 0 Å². The van der Waals surface area contributed by atoms with E-state index in [1.165, 1.54) is 12.8 Å². The largest absolute Gasteiger partial charge is 0.338 e. The molecular weight excluding hydrogens is 200 g/mol. The standard InChI is InChI=1S/C13H20N2O/c1-3-11-4-5-12(9(11)2)15-8-10(7-14)6-13(15)16/h9-12H,3-6,8H2,1-2H3. The van der Waals surface area contributed by atoms with E-state index >= 15 is 0 Å². The summed E-state index contributed by atoms with van der Waals surface area (Å²) >= 11 is 0. The van der Waals surface area contributed by atoms with E-state index in [0.29, 0.717) is 24.9 Å². The van der Waals surface area contributed by atoms with Gasteiger partial charge in [0.2, 0.25) is 5.91 Å². The average Bonchev–Trinajstić information content (AvgIpc) is 2.81. The molecule has 0 N–H and O–H groups in total. The number of nitrogens with zero attached hydrogens (tertiary/aromatic N) is 2. The zero-order chi connectivity index (χ0) is 11.7. The van der Waals surface area contributed by atoms with Gasteiger partial charge < -0.3 is 4.90 Å². The zero-order valence-electron chi connectivity index (χ0n) is 10.1. The molecule has 1 heterocycles. The van der Waals surface area contributed by atoms with Gasteiger partial charge in [-0.2, -0.15) is 5.26 Å². The molecule has 1 aliphatic heterocycles. The van der Waals surface area contributed by atoms with Gasteiger partial charge in [-0.15, -0.1) is 0 Å². The number of likely N-dealkylation sites (tertiary alicyclic amines) is 1. The number of carbonyl (C=O) groups is 1. The van der Waals surface area contributed by atoms with Gasteiger partial charge in [0.05, 0.1) is 12.0 Å². The molecule has 4 atom stereocenters. The van der Waals surface area contributed by atoms with E-state index in [9.17, 15) is 4.79 Å². The summed E-state index contributed by atoms with van der Waals surface area (Å²) in [6.07, 6.45) is 4.02. The summed E-state index contributed by atoms with van der Waals surface area (Å²) in [5.41, 5.74) is 0. The third-order valence-corrected chi connectivity index (χ3v) is 4.45. The fraction of sp³-hybridized carbons (Fsp3) is 0.846. The van der Waals surface area contributed by atoms with Crippen LogP contribution in [0.3, 0.4) is 0 Å². The van der Waals surface area contributed by atoms with Crippen LogP contribution in [0, 0.1) is 29.1 Å². The highest BCUT2D eigenvalue weighted by atomic mass is 16.2. The molecule has 2 fully saturated rings. The first-order chi connectivity index (χ1) is 7.67. The normalized spacial score (nSPS) is 39.1. The van der Waals surface area contributed by atoms with Crippen LogP contribution in [0.2, 0.25) is 0 Å². The van der Waals surface area contributed by atoms with Gasteiger partial charge in [0.15, 0.2) is 0 Å². The van der Waals surface area contributed by atoms with E-state index in [-0.39, 0.29) is 11.8 Å². The summed E-state index contributed by atoms with van der Waals surface area (Å²) in [6, 6.07) is 2.62. The topological polar surface area (TPSA) is 44.1 Å². The van der Waals surface area contributed by atoms with Gasteiger partial charge in [-0.25, -0.2) is 0 Å². The van der Waals surface area contributed by atoms with Gasteiger partial charge >= 0.3 is 0 Å². The maximum absolute atomic E-state index is 11.8. The molecule has 0 aromatic heterocycles. The van der Waals surface area contributed by atoms with Crippen molar-refractivity contribution >= 4 is 5.91 Å². The molecule has 1 aliphatic carbocycles. The number of nitriles is 1. The van der Waals surface area contributed by atoms with Crippen LogP contribution in [0.1, 0.15) is 39.5 Å². The van der Waals surface area contributed by atoms with Gasteiger partial charge in [0, 0.05) is 19.0 Å². The van der Waals surface area contributed by atoms with Crippen molar-refractivity contribution in [1.82, 2.24) is 4.90 Å². The van der Waals surface area contributed by atoms with Crippen molar-refractivity contribution in [3.8, 4) is 6.07 Å². The third-order valence-electron chi connectivity index (χ3n) is 4.45. The molecule has 16 heavy (non-hydrogen) atoms. The van der Waals surface area contributed by atoms with Crippen LogP contribution in [0.5, 0.6) is 0 Å². The van der Waals surface area contributed by atoms with E-state index in [4.69, 9.17) is 5.26 Å². The Kier molecular flexibility index (Phi) is 3.18. The summed E-state index contributed by atoms with van der Waals surface area (Å²) in [5, 5.41) is 8.88. The number of carbonyl (C=O) groups excluding carboxylic acids is 1. The Hall–Kier alpha value is -1.04. The molecule has 0 radical (unpaired) electrons. The van der Waals surface area contributed by atoms with Gasteiger partial charge in [-0.3, -0.25) is 4.79 Å². The summed E-state index contributed by atoms with van der Waals surface area (Å²) < 4.78 is 0. The van der Waals surface area contributed by atoms with Crippen molar-refractivity contribution in [2.75, 3.05) is 6.54 Å². The number of rotatable bonds is 2. The SMILES string of the molecule is CCC1CCC(N2CC(C#N)CC2=O)C1C. The Morgan fingerprint density at radius 3 is 2.75 bits per heavy atom. The summed E-state index contributed by atoms with van der Waals surface area (Å²) in [7, 11) is 0. The molecule has 2 rings (SSSR count). The van der Waals surface area contributed by atoms with Crippen LogP contribution in [0.15, 0.2) is 0 Å². The lowest BCUT2D eigenvalue weighted by Gasteiger charge is -2.29. The second kappa shape index (κ2) is 4.45. The molecular formula is C13H20N2O. The monoisotopic (exact) mass is 220 g/mol. The molecule has 0 aromatic carbocycles. The smallest absolute Gasteiger partial charge is 0.224 e. The predicted molar refractivity (Wildman–Crippen MR) is 61.4 cm³/mol. The first-order valence-corrected chi connectivity index (χ1v) is 6.36. The Morgan fingerprint density at radius 1 is 1.50 bits per heavy atom. The van der Waals surface area contributed by atoms with E-state index in [2.05, 4.69) is 19.9 Å². The van der Waals surface area contributed by atoms with Crippen LogP contribution in [-0.2, 0) is 4.79 Å². The molecule has 0 aromatic rings. The van der Waals surface area contributed by atoms with Crippen molar-refractivity contribution in [2.24, 2.45) is 17.8 Å². The maximum Gasteiger partial charge on any atom is 0.224 e. The minimum absolute atomic E-state index is 0.0691. The van der Waals surface area contributed by atoms with Crippen molar-refractivity contribution in [1.29, 1.82) is 5.26 Å². The summed E-state index contributed by atoms with van der Waals surface area (Å²) in [4.78, 5) is 13.8. The first-order valence-electron chi connectivity index (χ1n) is 6.36. The highest BCUT2D eigenvalue weighted by Crippen LogP contribution is 2.38. The van der Waals surface area contributed by atoms with Crippen molar-refractivity contribution in [3.63, 3.8) is 0 Å². The Morgan fingerprint density at radius 2 is 2.25 bits per heavy atom. The van der Waals surface area contributed by atoms with Gasteiger partial charge in [0.25, 0.3) is 0 Å². The Bertz CT molecular complexity index is 320. The molecule has 0 bridgehead atoms. The highest BCUT2D eigenvalue weighted by molar-refractivity contribution is 5.79. The molecule has 3 heteroatoms. The van der Waals surface area contributed by atoms with Crippen LogP contribution < -0.4 is 0 Å². The lowest BCUT2D eigenvalue weighted by Crippen LogP contribution is -2.39. The van der Waals surface area contributed by atoms with Gasteiger partial charge in [-0.1, -0.05) is 20.3 Å².